The molecule has 3 aromatic rings. The molecule has 2 N–H and O–H groups in total. The summed E-state index contributed by atoms with van der Waals surface area (Å²) in [6.07, 6.45) is -3.80. The van der Waals surface area contributed by atoms with E-state index in [1.54, 1.807) is 6.07 Å². The zero-order valence-electron chi connectivity index (χ0n) is 18.0. The summed E-state index contributed by atoms with van der Waals surface area (Å²) in [7, 11) is 0. The average molecular weight is 496 g/mol. The number of amides is 3. The molecule has 0 spiro atoms. The number of urea groups is 1. The molecule has 3 rings (SSSR count). The van der Waals surface area contributed by atoms with E-state index in [-0.39, 0.29) is 18.1 Å². The normalized spacial score (nSPS) is 11.2. The SMILES string of the molecule is CCCN(CCC(=O)Nc1nnc(-c2ccc(C(F)(F)F)cc2)s1)C(=O)Nc1cccc(F)c1. The molecular formula is C22H21F4N5O2S. The molecule has 2 aromatic carbocycles. The fourth-order valence-electron chi connectivity index (χ4n) is 2.96. The van der Waals surface area contributed by atoms with E-state index in [2.05, 4.69) is 20.8 Å². The molecule has 0 atom stereocenters. The van der Waals surface area contributed by atoms with Gasteiger partial charge in [0.1, 0.15) is 10.8 Å². The molecule has 0 aliphatic heterocycles. The van der Waals surface area contributed by atoms with Crippen LogP contribution in [-0.4, -0.2) is 40.1 Å². The van der Waals surface area contributed by atoms with Crippen molar-refractivity contribution in [3.8, 4) is 10.6 Å². The lowest BCUT2D eigenvalue weighted by Crippen LogP contribution is -2.37. The largest absolute Gasteiger partial charge is 0.416 e. The van der Waals surface area contributed by atoms with Crippen molar-refractivity contribution in [2.75, 3.05) is 23.7 Å². The number of nitrogens with one attached hydrogen (secondary N) is 2. The van der Waals surface area contributed by atoms with Gasteiger partial charge in [0.05, 0.1) is 5.56 Å². The van der Waals surface area contributed by atoms with Gasteiger partial charge in [0.25, 0.3) is 0 Å². The number of aromatic nitrogens is 2. The molecule has 0 bridgehead atoms. The van der Waals surface area contributed by atoms with Crippen LogP contribution in [-0.2, 0) is 11.0 Å². The molecular weight excluding hydrogens is 474 g/mol. The Bertz CT molecular complexity index is 1130. The molecule has 0 fully saturated rings. The minimum absolute atomic E-state index is 0.0221. The van der Waals surface area contributed by atoms with Crippen molar-refractivity contribution in [1.82, 2.24) is 15.1 Å². The Balaban J connectivity index is 1.55. The number of carbonyl (C=O) groups is 2. The Morgan fingerprint density at radius 3 is 2.41 bits per heavy atom. The van der Waals surface area contributed by atoms with Crippen LogP contribution in [0.25, 0.3) is 10.6 Å². The lowest BCUT2D eigenvalue weighted by Gasteiger charge is -2.22. The van der Waals surface area contributed by atoms with Gasteiger partial charge in [0.15, 0.2) is 0 Å². The average Bonchev–Trinajstić information content (AvgIpc) is 3.24. The highest BCUT2D eigenvalue weighted by Crippen LogP contribution is 2.32. The number of carbonyl (C=O) groups excluding carboxylic acids is 2. The lowest BCUT2D eigenvalue weighted by molar-refractivity contribution is -0.137. The van der Waals surface area contributed by atoms with E-state index in [4.69, 9.17) is 0 Å². The fourth-order valence-corrected chi connectivity index (χ4v) is 3.73. The third-order valence-corrected chi connectivity index (χ3v) is 5.48. The number of rotatable bonds is 8. The van der Waals surface area contributed by atoms with Crippen molar-refractivity contribution >= 4 is 34.1 Å². The number of alkyl halides is 3. The topological polar surface area (TPSA) is 87.2 Å². The van der Waals surface area contributed by atoms with Gasteiger partial charge in [0, 0.05) is 30.8 Å². The number of anilines is 2. The molecule has 0 aliphatic carbocycles. The molecule has 34 heavy (non-hydrogen) atoms. The minimum Gasteiger partial charge on any atom is -0.324 e. The minimum atomic E-state index is -4.43. The number of nitrogens with zero attached hydrogens (tertiary/aromatic N) is 3. The van der Waals surface area contributed by atoms with Gasteiger partial charge < -0.3 is 15.5 Å². The number of hydrogen-bond donors (Lipinski definition) is 2. The Morgan fingerprint density at radius 1 is 1.03 bits per heavy atom. The molecule has 7 nitrogen and oxygen atoms in total. The van der Waals surface area contributed by atoms with Crippen LogP contribution in [0.5, 0.6) is 0 Å². The molecule has 0 saturated carbocycles. The maximum atomic E-state index is 13.3. The zero-order valence-corrected chi connectivity index (χ0v) is 18.8. The third-order valence-electron chi connectivity index (χ3n) is 4.60. The smallest absolute Gasteiger partial charge is 0.324 e. The first-order valence-corrected chi connectivity index (χ1v) is 11.1. The summed E-state index contributed by atoms with van der Waals surface area (Å²) < 4.78 is 51.4. The van der Waals surface area contributed by atoms with Crippen molar-refractivity contribution in [2.24, 2.45) is 0 Å². The molecule has 3 amide bonds. The molecule has 12 heteroatoms. The van der Waals surface area contributed by atoms with Crippen molar-refractivity contribution in [3.63, 3.8) is 0 Å². The number of benzene rings is 2. The summed E-state index contributed by atoms with van der Waals surface area (Å²) in [5.74, 6) is -0.887. The van der Waals surface area contributed by atoms with Crippen LogP contribution in [0.2, 0.25) is 0 Å². The van der Waals surface area contributed by atoms with Crippen LogP contribution in [0.3, 0.4) is 0 Å². The summed E-state index contributed by atoms with van der Waals surface area (Å²) in [5, 5.41) is 13.5. The second-order valence-corrected chi connectivity index (χ2v) is 8.19. The molecule has 1 aromatic heterocycles. The van der Waals surface area contributed by atoms with Gasteiger partial charge in [-0.3, -0.25) is 4.79 Å². The first-order chi connectivity index (χ1) is 16.2. The maximum Gasteiger partial charge on any atom is 0.416 e. The first kappa shape index (κ1) is 25.1. The summed E-state index contributed by atoms with van der Waals surface area (Å²) >= 11 is 1.02. The molecule has 0 aliphatic rings. The molecule has 0 unspecified atom stereocenters. The van der Waals surface area contributed by atoms with Crippen molar-refractivity contribution < 1.29 is 27.2 Å². The molecule has 180 valence electrons. The van der Waals surface area contributed by atoms with E-state index >= 15 is 0 Å². The van der Waals surface area contributed by atoms with Crippen LogP contribution in [0.4, 0.5) is 33.2 Å². The fraction of sp³-hybridized carbons (Fsp3) is 0.273. The van der Waals surface area contributed by atoms with Gasteiger partial charge in [-0.2, -0.15) is 13.2 Å². The van der Waals surface area contributed by atoms with E-state index in [1.165, 1.54) is 35.2 Å². The summed E-state index contributed by atoms with van der Waals surface area (Å²) in [6.45, 7) is 2.39. The van der Waals surface area contributed by atoms with Crippen LogP contribution >= 0.6 is 11.3 Å². The Morgan fingerprint density at radius 2 is 1.76 bits per heavy atom. The quantitative estimate of drug-likeness (QED) is 0.396. The summed E-state index contributed by atoms with van der Waals surface area (Å²) in [5.41, 5.74) is -0.0262. The molecule has 0 radical (unpaired) electrons. The first-order valence-electron chi connectivity index (χ1n) is 10.3. The number of hydrogen-bond acceptors (Lipinski definition) is 5. The van der Waals surface area contributed by atoms with E-state index in [0.29, 0.717) is 29.2 Å². The van der Waals surface area contributed by atoms with Crippen molar-refractivity contribution in [2.45, 2.75) is 25.9 Å². The number of halogens is 4. The van der Waals surface area contributed by atoms with Crippen molar-refractivity contribution in [1.29, 1.82) is 0 Å². The van der Waals surface area contributed by atoms with Crippen LogP contribution in [0.15, 0.2) is 48.5 Å². The summed E-state index contributed by atoms with van der Waals surface area (Å²) in [4.78, 5) is 26.3. The monoisotopic (exact) mass is 495 g/mol. The van der Waals surface area contributed by atoms with E-state index in [9.17, 15) is 27.2 Å². The van der Waals surface area contributed by atoms with Gasteiger partial charge in [0.2, 0.25) is 11.0 Å². The van der Waals surface area contributed by atoms with Gasteiger partial charge in [-0.15, -0.1) is 10.2 Å². The standard InChI is InChI=1S/C22H21F4N5O2S/c1-2-11-31(21(33)27-17-5-3-4-16(23)13-17)12-10-18(32)28-20-30-29-19(34-20)14-6-8-15(9-7-14)22(24,25)26/h3-9,13H,2,10-12H2,1H3,(H,27,33)(H,28,30,32). The predicted molar refractivity (Wildman–Crippen MR) is 121 cm³/mol. The zero-order chi connectivity index (χ0) is 24.7. The third kappa shape index (κ3) is 6.98. The molecule has 1 heterocycles. The Kier molecular flexibility index (Phi) is 8.16. The van der Waals surface area contributed by atoms with E-state index < -0.39 is 29.5 Å². The lowest BCUT2D eigenvalue weighted by atomic mass is 10.1. The highest BCUT2D eigenvalue weighted by molar-refractivity contribution is 7.18. The van der Waals surface area contributed by atoms with Gasteiger partial charge >= 0.3 is 12.2 Å². The second kappa shape index (κ2) is 11.1. The van der Waals surface area contributed by atoms with E-state index in [0.717, 1.165) is 23.5 Å². The summed E-state index contributed by atoms with van der Waals surface area (Å²) in [6, 6.07) is 9.51. The van der Waals surface area contributed by atoms with Crippen LogP contribution in [0.1, 0.15) is 25.3 Å². The second-order valence-electron chi connectivity index (χ2n) is 7.21. The highest BCUT2D eigenvalue weighted by atomic mass is 32.1. The van der Waals surface area contributed by atoms with E-state index in [1.807, 2.05) is 6.92 Å². The maximum absolute atomic E-state index is 13.3. The van der Waals surface area contributed by atoms with Crippen LogP contribution < -0.4 is 10.6 Å². The van der Waals surface area contributed by atoms with Gasteiger partial charge in [-0.1, -0.05) is 36.5 Å². The Hall–Kier alpha value is -3.54. The predicted octanol–water partition coefficient (Wildman–Crippen LogP) is 5.64. The Labute approximate surface area is 196 Å². The van der Waals surface area contributed by atoms with Crippen molar-refractivity contribution in [3.05, 3.63) is 59.9 Å². The van der Waals surface area contributed by atoms with Crippen LogP contribution in [0, 0.1) is 5.82 Å². The van der Waals surface area contributed by atoms with Gasteiger partial charge in [-0.25, -0.2) is 9.18 Å². The molecule has 0 saturated heterocycles. The van der Waals surface area contributed by atoms with Gasteiger partial charge in [-0.05, 0) is 36.8 Å². The highest BCUT2D eigenvalue weighted by Gasteiger charge is 2.30.